The van der Waals surface area contributed by atoms with E-state index in [0.29, 0.717) is 18.8 Å². The molecule has 86 valence electrons. The van der Waals surface area contributed by atoms with Crippen molar-refractivity contribution in [1.82, 2.24) is 9.88 Å². The molecule has 1 aromatic rings. The van der Waals surface area contributed by atoms with Gasteiger partial charge in [-0.3, -0.25) is 0 Å². The van der Waals surface area contributed by atoms with Crippen LogP contribution in [-0.2, 0) is 6.54 Å². The van der Waals surface area contributed by atoms with E-state index in [0.717, 1.165) is 0 Å². The molecule has 5 nitrogen and oxygen atoms in total. The Morgan fingerprint density at radius 1 is 1.53 bits per heavy atom. The van der Waals surface area contributed by atoms with Gasteiger partial charge in [-0.05, 0) is 27.9 Å². The van der Waals surface area contributed by atoms with Crippen molar-refractivity contribution in [1.29, 1.82) is 0 Å². The molecule has 0 aliphatic rings. The van der Waals surface area contributed by atoms with Gasteiger partial charge in [0.25, 0.3) is 0 Å². The first kappa shape index (κ1) is 12.0. The summed E-state index contributed by atoms with van der Waals surface area (Å²) in [4.78, 5) is 6.14. The first-order valence-corrected chi connectivity index (χ1v) is 4.90. The highest BCUT2D eigenvalue weighted by Crippen LogP contribution is 2.15. The lowest BCUT2D eigenvalue weighted by Crippen LogP contribution is -2.43. The summed E-state index contributed by atoms with van der Waals surface area (Å²) < 4.78 is 10.5. The van der Waals surface area contributed by atoms with Gasteiger partial charge in [0.1, 0.15) is 12.9 Å². The molecular weight excluding hydrogens is 194 g/mol. The normalized spacial score (nSPS) is 12.1. The Balaban J connectivity index is 2.50. The summed E-state index contributed by atoms with van der Waals surface area (Å²) >= 11 is 0. The minimum absolute atomic E-state index is 0.0582. The smallest absolute Gasteiger partial charge is 0.393 e. The molecule has 1 aromatic heterocycles. The zero-order valence-corrected chi connectivity index (χ0v) is 9.78. The Morgan fingerprint density at radius 2 is 2.20 bits per heavy atom. The van der Waals surface area contributed by atoms with Crippen molar-refractivity contribution in [3.8, 4) is 6.08 Å². The Morgan fingerprint density at radius 3 is 2.67 bits per heavy atom. The van der Waals surface area contributed by atoms with E-state index < -0.39 is 0 Å². The van der Waals surface area contributed by atoms with Crippen LogP contribution in [0.1, 0.15) is 19.5 Å². The molecule has 0 fully saturated rings. The average molecular weight is 213 g/mol. The molecule has 0 aromatic carbocycles. The largest absolute Gasteiger partial charge is 0.448 e. The molecule has 0 aliphatic heterocycles. The standard InChI is InChI=1S/C10H19N3O2/c1-10(2,13(3)4)7-15-9-12-8(5-11)6-14-9/h6H,5,7,11H2,1-4H3. The highest BCUT2D eigenvalue weighted by atomic mass is 16.6. The summed E-state index contributed by atoms with van der Waals surface area (Å²) in [6, 6.07) is 0. The Hall–Kier alpha value is -1.07. The maximum Gasteiger partial charge on any atom is 0.393 e. The van der Waals surface area contributed by atoms with Crippen molar-refractivity contribution in [2.24, 2.45) is 5.73 Å². The molecule has 0 saturated heterocycles. The summed E-state index contributed by atoms with van der Waals surface area (Å²) in [6.45, 7) is 5.05. The van der Waals surface area contributed by atoms with Gasteiger partial charge in [-0.1, -0.05) is 0 Å². The zero-order chi connectivity index (χ0) is 11.5. The maximum absolute atomic E-state index is 5.44. The average Bonchev–Trinajstić information content (AvgIpc) is 2.62. The van der Waals surface area contributed by atoms with Gasteiger partial charge in [0.05, 0.1) is 5.69 Å². The maximum atomic E-state index is 5.44. The van der Waals surface area contributed by atoms with Crippen LogP contribution in [0.5, 0.6) is 6.08 Å². The molecule has 0 saturated carbocycles. The van der Waals surface area contributed by atoms with Crippen molar-refractivity contribution >= 4 is 0 Å². The van der Waals surface area contributed by atoms with E-state index in [9.17, 15) is 0 Å². The van der Waals surface area contributed by atoms with Crippen molar-refractivity contribution < 1.29 is 9.15 Å². The lowest BCUT2D eigenvalue weighted by atomic mass is 10.1. The predicted octanol–water partition coefficient (Wildman–Crippen LogP) is 0.852. The van der Waals surface area contributed by atoms with Crippen LogP contribution in [0.25, 0.3) is 0 Å². The number of rotatable bonds is 5. The quantitative estimate of drug-likeness (QED) is 0.785. The molecule has 15 heavy (non-hydrogen) atoms. The summed E-state index contributed by atoms with van der Waals surface area (Å²) in [7, 11) is 4.01. The highest BCUT2D eigenvalue weighted by molar-refractivity contribution is 4.99. The number of hydrogen-bond donors (Lipinski definition) is 1. The number of hydrogen-bond acceptors (Lipinski definition) is 5. The van der Waals surface area contributed by atoms with Crippen molar-refractivity contribution in [3.05, 3.63) is 12.0 Å². The van der Waals surface area contributed by atoms with E-state index >= 15 is 0 Å². The highest BCUT2D eigenvalue weighted by Gasteiger charge is 2.22. The molecule has 0 unspecified atom stereocenters. The third-order valence-corrected chi connectivity index (χ3v) is 2.50. The molecular formula is C10H19N3O2. The van der Waals surface area contributed by atoms with Crippen LogP contribution in [-0.4, -0.2) is 36.1 Å². The third-order valence-electron chi connectivity index (χ3n) is 2.50. The molecule has 1 rings (SSSR count). The van der Waals surface area contributed by atoms with Crippen LogP contribution < -0.4 is 10.5 Å². The minimum atomic E-state index is -0.0582. The Kier molecular flexibility index (Phi) is 3.71. The third kappa shape index (κ3) is 3.21. The van der Waals surface area contributed by atoms with Crippen molar-refractivity contribution in [2.75, 3.05) is 20.7 Å². The molecule has 0 spiro atoms. The van der Waals surface area contributed by atoms with Crippen LogP contribution >= 0.6 is 0 Å². The van der Waals surface area contributed by atoms with E-state index in [2.05, 4.69) is 23.7 Å². The molecule has 1 heterocycles. The first-order valence-electron chi connectivity index (χ1n) is 4.90. The molecule has 0 aliphatic carbocycles. The summed E-state index contributed by atoms with van der Waals surface area (Å²) in [5.74, 6) is 0. The number of aromatic nitrogens is 1. The van der Waals surface area contributed by atoms with Gasteiger partial charge < -0.3 is 19.8 Å². The summed E-state index contributed by atoms with van der Waals surface area (Å²) in [5, 5.41) is 0. The van der Waals surface area contributed by atoms with E-state index in [4.69, 9.17) is 14.9 Å². The van der Waals surface area contributed by atoms with Gasteiger partial charge in [-0.15, -0.1) is 0 Å². The SMILES string of the molecule is CN(C)C(C)(C)COc1nc(CN)co1. The second-order valence-corrected chi connectivity index (χ2v) is 4.30. The number of nitrogens with two attached hydrogens (primary N) is 1. The second kappa shape index (κ2) is 4.63. The molecule has 0 radical (unpaired) electrons. The van der Waals surface area contributed by atoms with E-state index in [-0.39, 0.29) is 11.6 Å². The van der Waals surface area contributed by atoms with Gasteiger partial charge in [0.2, 0.25) is 0 Å². The van der Waals surface area contributed by atoms with Crippen LogP contribution in [0.3, 0.4) is 0 Å². The fraction of sp³-hybridized carbons (Fsp3) is 0.700. The van der Waals surface area contributed by atoms with E-state index in [1.165, 1.54) is 6.26 Å². The van der Waals surface area contributed by atoms with Crippen LogP contribution in [0.2, 0.25) is 0 Å². The number of nitrogens with zero attached hydrogens (tertiary/aromatic N) is 2. The predicted molar refractivity (Wildman–Crippen MR) is 57.7 cm³/mol. The van der Waals surface area contributed by atoms with Gasteiger partial charge in [0.15, 0.2) is 0 Å². The van der Waals surface area contributed by atoms with Gasteiger partial charge in [-0.25, -0.2) is 0 Å². The summed E-state index contributed by atoms with van der Waals surface area (Å²) in [6.07, 6.45) is 1.79. The van der Waals surface area contributed by atoms with Crippen LogP contribution in [0, 0.1) is 0 Å². The molecule has 0 atom stereocenters. The van der Waals surface area contributed by atoms with E-state index in [1.54, 1.807) is 0 Å². The number of ether oxygens (including phenoxy) is 1. The zero-order valence-electron chi connectivity index (χ0n) is 9.78. The van der Waals surface area contributed by atoms with E-state index in [1.807, 2.05) is 14.1 Å². The van der Waals surface area contributed by atoms with Crippen molar-refractivity contribution in [3.63, 3.8) is 0 Å². The fourth-order valence-corrected chi connectivity index (χ4v) is 0.816. The minimum Gasteiger partial charge on any atom is -0.448 e. The summed E-state index contributed by atoms with van der Waals surface area (Å²) in [5.41, 5.74) is 6.05. The lowest BCUT2D eigenvalue weighted by Gasteiger charge is -2.31. The van der Waals surface area contributed by atoms with Crippen LogP contribution in [0.4, 0.5) is 0 Å². The van der Waals surface area contributed by atoms with Gasteiger partial charge in [-0.2, -0.15) is 4.98 Å². The van der Waals surface area contributed by atoms with Crippen LogP contribution in [0.15, 0.2) is 10.7 Å². The monoisotopic (exact) mass is 213 g/mol. The van der Waals surface area contributed by atoms with Gasteiger partial charge >= 0.3 is 6.08 Å². The first-order chi connectivity index (χ1) is 6.95. The molecule has 0 bridgehead atoms. The molecule has 5 heteroatoms. The Labute approximate surface area is 90.2 Å². The second-order valence-electron chi connectivity index (χ2n) is 4.30. The van der Waals surface area contributed by atoms with Crippen molar-refractivity contribution in [2.45, 2.75) is 25.9 Å². The fourth-order valence-electron chi connectivity index (χ4n) is 0.816. The lowest BCUT2D eigenvalue weighted by molar-refractivity contribution is 0.0928. The molecule has 0 amide bonds. The Bertz CT molecular complexity index is 307. The number of likely N-dealkylation sites (N-methyl/N-ethyl adjacent to an activating group) is 1. The van der Waals surface area contributed by atoms with Gasteiger partial charge in [0, 0.05) is 12.1 Å². The topological polar surface area (TPSA) is 64.5 Å². The number of oxazole rings is 1. The molecule has 2 N–H and O–H groups in total.